The molecule has 0 saturated heterocycles. The Hall–Kier alpha value is -2.08. The molecule has 0 fully saturated rings. The van der Waals surface area contributed by atoms with Crippen LogP contribution in [-0.2, 0) is 6.18 Å². The van der Waals surface area contributed by atoms with Gasteiger partial charge < -0.3 is 14.8 Å². The van der Waals surface area contributed by atoms with Crippen LogP contribution in [0.4, 0.5) is 18.9 Å². The van der Waals surface area contributed by atoms with Gasteiger partial charge in [-0.1, -0.05) is 6.07 Å². The number of carbonyl (C=O) groups is 1. The molecule has 0 aliphatic carbocycles. The standard InChI is InChI=1S/C17H14F3IN2O3S/c1-25-12-4-3-5-13(26-2)14(12)15(24)23-16(27)22-11-7-6-9(21)8-10(11)17(18,19)20/h3-8H,1-2H3,(H2,22,23,24,27). The van der Waals surface area contributed by atoms with Gasteiger partial charge in [-0.3, -0.25) is 10.1 Å². The fourth-order valence-electron chi connectivity index (χ4n) is 2.25. The van der Waals surface area contributed by atoms with Crippen molar-refractivity contribution in [3.63, 3.8) is 0 Å². The molecule has 0 bridgehead atoms. The van der Waals surface area contributed by atoms with Crippen LogP contribution in [-0.4, -0.2) is 25.2 Å². The van der Waals surface area contributed by atoms with Crippen LogP contribution in [0.2, 0.25) is 0 Å². The average Bonchev–Trinajstić information content (AvgIpc) is 2.61. The highest BCUT2D eigenvalue weighted by Crippen LogP contribution is 2.36. The maximum Gasteiger partial charge on any atom is 0.418 e. The summed E-state index contributed by atoms with van der Waals surface area (Å²) < 4.78 is 50.3. The van der Waals surface area contributed by atoms with Crippen LogP contribution in [0.25, 0.3) is 0 Å². The predicted octanol–water partition coefficient (Wildman–Crippen LogP) is 4.45. The van der Waals surface area contributed by atoms with Gasteiger partial charge >= 0.3 is 6.18 Å². The number of nitrogens with one attached hydrogen (secondary N) is 2. The Labute approximate surface area is 172 Å². The van der Waals surface area contributed by atoms with Crippen molar-refractivity contribution in [2.45, 2.75) is 6.18 Å². The molecule has 27 heavy (non-hydrogen) atoms. The van der Waals surface area contributed by atoms with Gasteiger partial charge in [0.25, 0.3) is 5.91 Å². The zero-order valence-electron chi connectivity index (χ0n) is 14.1. The van der Waals surface area contributed by atoms with E-state index in [0.29, 0.717) is 3.57 Å². The highest BCUT2D eigenvalue weighted by atomic mass is 127. The van der Waals surface area contributed by atoms with E-state index in [1.54, 1.807) is 40.8 Å². The van der Waals surface area contributed by atoms with Crippen molar-refractivity contribution in [1.82, 2.24) is 5.32 Å². The van der Waals surface area contributed by atoms with Crippen molar-refractivity contribution >= 4 is 51.5 Å². The van der Waals surface area contributed by atoms with Crippen molar-refractivity contribution in [2.75, 3.05) is 19.5 Å². The minimum Gasteiger partial charge on any atom is -0.496 e. The maximum absolute atomic E-state index is 13.2. The van der Waals surface area contributed by atoms with Gasteiger partial charge in [0, 0.05) is 3.57 Å². The van der Waals surface area contributed by atoms with Gasteiger partial charge in [0.15, 0.2) is 5.11 Å². The number of rotatable bonds is 4. The maximum atomic E-state index is 13.2. The number of benzene rings is 2. The number of thiocarbonyl (C=S) groups is 1. The number of hydrogen-bond acceptors (Lipinski definition) is 4. The summed E-state index contributed by atoms with van der Waals surface area (Å²) in [7, 11) is 2.76. The highest BCUT2D eigenvalue weighted by molar-refractivity contribution is 14.1. The van der Waals surface area contributed by atoms with E-state index in [4.69, 9.17) is 21.7 Å². The fraction of sp³-hybridized carbons (Fsp3) is 0.176. The van der Waals surface area contributed by atoms with Gasteiger partial charge in [-0.25, -0.2) is 0 Å². The minimum atomic E-state index is -4.57. The van der Waals surface area contributed by atoms with Gasteiger partial charge in [0.1, 0.15) is 17.1 Å². The number of hydrogen-bond donors (Lipinski definition) is 2. The molecule has 144 valence electrons. The van der Waals surface area contributed by atoms with Crippen molar-refractivity contribution < 1.29 is 27.4 Å². The number of amides is 1. The second-order valence-corrected chi connectivity index (χ2v) is 6.79. The fourth-order valence-corrected chi connectivity index (χ4v) is 2.95. The van der Waals surface area contributed by atoms with E-state index < -0.39 is 17.6 Å². The number of methoxy groups -OCH3 is 2. The van der Waals surface area contributed by atoms with Gasteiger partial charge in [0.2, 0.25) is 0 Å². The molecule has 0 unspecified atom stereocenters. The molecule has 0 radical (unpaired) electrons. The van der Waals surface area contributed by atoms with E-state index in [2.05, 4.69) is 10.6 Å². The largest absolute Gasteiger partial charge is 0.496 e. The number of ether oxygens (including phenoxy) is 2. The molecule has 2 rings (SSSR count). The van der Waals surface area contributed by atoms with Crippen LogP contribution in [0.1, 0.15) is 15.9 Å². The zero-order chi connectivity index (χ0) is 20.2. The van der Waals surface area contributed by atoms with Crippen molar-refractivity contribution in [1.29, 1.82) is 0 Å². The summed E-state index contributed by atoms with van der Waals surface area (Å²) in [5.41, 5.74) is -1.08. The molecular formula is C17H14F3IN2O3S. The molecule has 2 N–H and O–H groups in total. The first kappa shape index (κ1) is 21.2. The number of alkyl halides is 3. The van der Waals surface area contributed by atoms with Crippen molar-refractivity contribution in [2.24, 2.45) is 0 Å². The third kappa shape index (κ3) is 5.22. The second-order valence-electron chi connectivity index (χ2n) is 5.13. The Kier molecular flexibility index (Phi) is 6.87. The Bertz CT molecular complexity index is 853. The highest BCUT2D eigenvalue weighted by Gasteiger charge is 2.34. The zero-order valence-corrected chi connectivity index (χ0v) is 17.1. The van der Waals surface area contributed by atoms with E-state index in [9.17, 15) is 18.0 Å². The summed E-state index contributed by atoms with van der Waals surface area (Å²) in [5.74, 6) is -0.208. The normalized spacial score (nSPS) is 10.9. The van der Waals surface area contributed by atoms with Crippen LogP contribution in [0.5, 0.6) is 11.5 Å². The molecular weight excluding hydrogens is 496 g/mol. The Balaban J connectivity index is 2.24. The first-order valence-corrected chi connectivity index (χ1v) is 8.86. The van der Waals surface area contributed by atoms with E-state index in [-0.39, 0.29) is 27.9 Å². The Morgan fingerprint density at radius 3 is 2.22 bits per heavy atom. The molecule has 10 heteroatoms. The third-order valence-electron chi connectivity index (χ3n) is 3.42. The van der Waals surface area contributed by atoms with Crippen LogP contribution < -0.4 is 20.1 Å². The molecule has 1 amide bonds. The lowest BCUT2D eigenvalue weighted by Gasteiger charge is -2.17. The van der Waals surface area contributed by atoms with Gasteiger partial charge in [0.05, 0.1) is 25.5 Å². The summed E-state index contributed by atoms with van der Waals surface area (Å²) in [6.45, 7) is 0. The molecule has 5 nitrogen and oxygen atoms in total. The van der Waals surface area contributed by atoms with E-state index in [1.807, 2.05) is 0 Å². The van der Waals surface area contributed by atoms with Crippen molar-refractivity contribution in [3.8, 4) is 11.5 Å². The smallest absolute Gasteiger partial charge is 0.418 e. The van der Waals surface area contributed by atoms with Crippen molar-refractivity contribution in [3.05, 3.63) is 51.1 Å². The molecule has 0 spiro atoms. The third-order valence-corrected chi connectivity index (χ3v) is 4.29. The number of anilines is 1. The topological polar surface area (TPSA) is 59.6 Å². The van der Waals surface area contributed by atoms with Crippen LogP contribution in [0, 0.1) is 3.57 Å². The molecule has 0 saturated carbocycles. The lowest BCUT2D eigenvalue weighted by molar-refractivity contribution is -0.137. The van der Waals surface area contributed by atoms with Gasteiger partial charge in [-0.05, 0) is 65.1 Å². The van der Waals surface area contributed by atoms with Crippen LogP contribution >= 0.6 is 34.8 Å². The molecule has 0 heterocycles. The molecule has 2 aromatic rings. The summed E-state index contributed by atoms with van der Waals surface area (Å²) in [4.78, 5) is 12.5. The van der Waals surface area contributed by atoms with E-state index in [0.717, 1.165) is 6.07 Å². The lowest BCUT2D eigenvalue weighted by atomic mass is 10.1. The van der Waals surface area contributed by atoms with Crippen LogP contribution in [0.3, 0.4) is 0 Å². The molecule has 0 atom stereocenters. The molecule has 0 aliphatic rings. The minimum absolute atomic E-state index is 0.0744. The number of halogens is 4. The van der Waals surface area contributed by atoms with Gasteiger partial charge in [-0.2, -0.15) is 13.2 Å². The predicted molar refractivity (Wildman–Crippen MR) is 107 cm³/mol. The lowest BCUT2D eigenvalue weighted by Crippen LogP contribution is -2.35. The Morgan fingerprint density at radius 1 is 1.11 bits per heavy atom. The van der Waals surface area contributed by atoms with Gasteiger partial charge in [-0.15, -0.1) is 0 Å². The summed E-state index contributed by atoms with van der Waals surface area (Å²) in [6, 6.07) is 8.45. The van der Waals surface area contributed by atoms with Crippen LogP contribution in [0.15, 0.2) is 36.4 Å². The summed E-state index contributed by atoms with van der Waals surface area (Å²) >= 11 is 6.77. The summed E-state index contributed by atoms with van der Waals surface area (Å²) in [6.07, 6.45) is -4.57. The molecule has 2 aromatic carbocycles. The molecule has 0 aromatic heterocycles. The monoisotopic (exact) mass is 510 g/mol. The summed E-state index contributed by atoms with van der Waals surface area (Å²) in [5, 5.41) is 4.46. The Morgan fingerprint density at radius 2 is 1.70 bits per heavy atom. The van der Waals surface area contributed by atoms with E-state index in [1.165, 1.54) is 26.4 Å². The quantitative estimate of drug-likeness (QED) is 0.471. The average molecular weight is 510 g/mol. The number of carbonyl (C=O) groups excluding carboxylic acids is 1. The second kappa shape index (κ2) is 8.74. The molecule has 0 aliphatic heterocycles. The SMILES string of the molecule is COc1cccc(OC)c1C(=O)NC(=S)Nc1ccc(I)cc1C(F)(F)F. The first-order valence-electron chi connectivity index (χ1n) is 7.37. The first-order chi connectivity index (χ1) is 12.7. The van der Waals surface area contributed by atoms with E-state index >= 15 is 0 Å².